The van der Waals surface area contributed by atoms with Crippen LogP contribution >= 0.6 is 10.0 Å². The number of esters is 1. The number of aromatic nitrogens is 2. The lowest BCUT2D eigenvalue weighted by molar-refractivity contribution is -0.124. The van der Waals surface area contributed by atoms with Gasteiger partial charge in [-0.05, 0) is 43.4 Å². The Morgan fingerprint density at radius 3 is 2.58 bits per heavy atom. The second-order valence-corrected chi connectivity index (χ2v) is 13.4. The van der Waals surface area contributed by atoms with Crippen molar-refractivity contribution in [3.05, 3.63) is 53.5 Å². The summed E-state index contributed by atoms with van der Waals surface area (Å²) >= 11 is 0. The summed E-state index contributed by atoms with van der Waals surface area (Å²) in [6, 6.07) is 7.25. The number of methoxy groups -OCH3 is 1. The van der Waals surface area contributed by atoms with E-state index in [1.807, 2.05) is 32.0 Å². The van der Waals surface area contributed by atoms with E-state index < -0.39 is 21.4 Å². The van der Waals surface area contributed by atoms with Crippen molar-refractivity contribution in [3.8, 4) is 0 Å². The van der Waals surface area contributed by atoms with E-state index in [-0.39, 0.29) is 24.2 Å². The van der Waals surface area contributed by atoms with Crippen molar-refractivity contribution >= 4 is 27.7 Å². The summed E-state index contributed by atoms with van der Waals surface area (Å²) in [5.74, 6) is 0.900. The van der Waals surface area contributed by atoms with E-state index in [2.05, 4.69) is 28.7 Å². The quantitative estimate of drug-likeness (QED) is 0.458. The van der Waals surface area contributed by atoms with Crippen molar-refractivity contribution in [2.45, 2.75) is 25.2 Å². The smallest absolute Gasteiger partial charge is 0.356 e. The standard InChI is InChI=1S/C23H31N3O4S/c1-16(17-9-10-19(25-14-17)21(27)29-3)23(2)18-8-7-11-24-20(18)26(22(23)28)15-30-12-13-31(4,5)6/h7-11,14,16H,12-13,15H2,1-6H3/t16-,23-/m1/s1. The molecule has 0 aliphatic carbocycles. The number of rotatable bonds is 8. The third-order valence-electron chi connectivity index (χ3n) is 5.90. The predicted octanol–water partition coefficient (Wildman–Crippen LogP) is 3.34. The summed E-state index contributed by atoms with van der Waals surface area (Å²) < 4.78 is 10.6. The number of hydrogen-bond acceptors (Lipinski definition) is 6. The fourth-order valence-electron chi connectivity index (χ4n) is 3.73. The van der Waals surface area contributed by atoms with E-state index in [9.17, 15) is 9.59 Å². The van der Waals surface area contributed by atoms with Gasteiger partial charge in [0.25, 0.3) is 0 Å². The molecule has 7 nitrogen and oxygen atoms in total. The number of pyridine rings is 2. The van der Waals surface area contributed by atoms with Crippen LogP contribution in [-0.2, 0) is 19.7 Å². The van der Waals surface area contributed by atoms with Crippen LogP contribution in [0.4, 0.5) is 5.82 Å². The molecule has 3 heterocycles. The number of nitrogens with zero attached hydrogens (tertiary/aromatic N) is 3. The van der Waals surface area contributed by atoms with E-state index >= 15 is 0 Å². The molecule has 0 radical (unpaired) electrons. The van der Waals surface area contributed by atoms with Crippen LogP contribution in [0.2, 0.25) is 0 Å². The molecule has 8 heteroatoms. The van der Waals surface area contributed by atoms with Gasteiger partial charge in [-0.3, -0.25) is 9.69 Å². The number of amides is 1. The normalized spacial score (nSPS) is 19.8. The summed E-state index contributed by atoms with van der Waals surface area (Å²) in [7, 11) is 0.660. The molecule has 0 fully saturated rings. The van der Waals surface area contributed by atoms with Crippen LogP contribution in [-0.4, -0.2) is 66.8 Å². The van der Waals surface area contributed by atoms with Gasteiger partial charge in [0.15, 0.2) is 0 Å². The van der Waals surface area contributed by atoms with Gasteiger partial charge < -0.3 is 9.47 Å². The van der Waals surface area contributed by atoms with Crippen molar-refractivity contribution in [1.82, 2.24) is 9.97 Å². The Morgan fingerprint density at radius 1 is 1.23 bits per heavy atom. The zero-order valence-corrected chi connectivity index (χ0v) is 19.9. The first-order valence-corrected chi connectivity index (χ1v) is 13.2. The number of carbonyl (C=O) groups excluding carboxylic acids is 2. The van der Waals surface area contributed by atoms with E-state index in [0.29, 0.717) is 12.4 Å². The minimum absolute atomic E-state index is 0.0474. The molecule has 0 bridgehead atoms. The second-order valence-electron chi connectivity index (χ2n) is 8.83. The summed E-state index contributed by atoms with van der Waals surface area (Å²) in [6.45, 7) is 4.72. The van der Waals surface area contributed by atoms with E-state index in [1.54, 1.807) is 23.4 Å². The molecule has 2 aromatic heterocycles. The van der Waals surface area contributed by atoms with Crippen LogP contribution < -0.4 is 4.90 Å². The van der Waals surface area contributed by atoms with Crippen molar-refractivity contribution in [2.24, 2.45) is 0 Å². The highest BCUT2D eigenvalue weighted by molar-refractivity contribution is 8.32. The minimum atomic E-state index is -0.823. The van der Waals surface area contributed by atoms with Crippen LogP contribution in [0, 0.1) is 0 Å². The van der Waals surface area contributed by atoms with Crippen LogP contribution in [0.25, 0.3) is 0 Å². The SMILES string of the molecule is COC(=O)c1ccc([C@@H](C)[C@@]2(C)C(=O)N(COCCS(C)(C)C)c3ncccc32)cn1. The lowest BCUT2D eigenvalue weighted by Gasteiger charge is -2.31. The van der Waals surface area contributed by atoms with Crippen LogP contribution in [0.1, 0.15) is 41.4 Å². The van der Waals surface area contributed by atoms with Gasteiger partial charge in [0.2, 0.25) is 5.91 Å². The monoisotopic (exact) mass is 445 g/mol. The van der Waals surface area contributed by atoms with E-state index in [1.165, 1.54) is 7.11 Å². The maximum Gasteiger partial charge on any atom is 0.356 e. The van der Waals surface area contributed by atoms with Crippen molar-refractivity contribution in [3.63, 3.8) is 0 Å². The molecule has 0 saturated carbocycles. The maximum atomic E-state index is 13.6. The number of ether oxygens (including phenoxy) is 2. The molecule has 2 aromatic rings. The molecule has 0 aromatic carbocycles. The zero-order valence-electron chi connectivity index (χ0n) is 19.0. The van der Waals surface area contributed by atoms with Crippen LogP contribution in [0.3, 0.4) is 0 Å². The summed E-state index contributed by atoms with van der Waals surface area (Å²) in [6.07, 6.45) is 10.1. The Hall–Kier alpha value is -2.45. The Balaban J connectivity index is 1.86. The third-order valence-corrected chi connectivity index (χ3v) is 7.29. The maximum absolute atomic E-state index is 13.6. The largest absolute Gasteiger partial charge is 0.464 e. The predicted molar refractivity (Wildman–Crippen MR) is 124 cm³/mol. The zero-order chi connectivity index (χ0) is 22.8. The summed E-state index contributed by atoms with van der Waals surface area (Å²) in [5, 5.41) is 0. The van der Waals surface area contributed by atoms with Crippen molar-refractivity contribution in [1.29, 1.82) is 0 Å². The first-order valence-electron chi connectivity index (χ1n) is 10.1. The molecule has 1 amide bonds. The summed E-state index contributed by atoms with van der Waals surface area (Å²) in [4.78, 5) is 35.7. The molecule has 0 unspecified atom stereocenters. The Labute approximate surface area is 185 Å². The van der Waals surface area contributed by atoms with E-state index in [4.69, 9.17) is 9.47 Å². The molecule has 31 heavy (non-hydrogen) atoms. The minimum Gasteiger partial charge on any atom is -0.464 e. The Bertz CT molecular complexity index is 958. The Kier molecular flexibility index (Phi) is 6.71. The highest BCUT2D eigenvalue weighted by Crippen LogP contribution is 2.48. The lowest BCUT2D eigenvalue weighted by atomic mass is 9.71. The van der Waals surface area contributed by atoms with E-state index in [0.717, 1.165) is 16.9 Å². The van der Waals surface area contributed by atoms with Gasteiger partial charge >= 0.3 is 5.97 Å². The van der Waals surface area contributed by atoms with Gasteiger partial charge in [0.1, 0.15) is 18.2 Å². The average molecular weight is 446 g/mol. The molecule has 168 valence electrons. The molecule has 0 saturated heterocycles. The molecular formula is C23H31N3O4S. The van der Waals surface area contributed by atoms with Crippen molar-refractivity contribution in [2.75, 3.05) is 49.9 Å². The number of anilines is 1. The molecule has 1 aliphatic heterocycles. The average Bonchev–Trinajstić information content (AvgIpc) is 2.97. The van der Waals surface area contributed by atoms with Crippen LogP contribution in [0.15, 0.2) is 36.7 Å². The first-order chi connectivity index (χ1) is 14.6. The molecule has 0 spiro atoms. The van der Waals surface area contributed by atoms with Gasteiger partial charge in [0.05, 0.1) is 19.1 Å². The van der Waals surface area contributed by atoms with Gasteiger partial charge in [-0.25, -0.2) is 24.8 Å². The molecule has 1 aliphatic rings. The second kappa shape index (κ2) is 8.96. The third kappa shape index (κ3) is 4.60. The number of hydrogen-bond donors (Lipinski definition) is 0. The number of fused-ring (bicyclic) bond motifs is 1. The summed E-state index contributed by atoms with van der Waals surface area (Å²) in [5.41, 5.74) is 1.14. The lowest BCUT2D eigenvalue weighted by Crippen LogP contribution is -2.42. The van der Waals surface area contributed by atoms with Gasteiger partial charge in [-0.1, -0.05) is 19.1 Å². The van der Waals surface area contributed by atoms with Gasteiger partial charge in [0, 0.05) is 29.6 Å². The topological polar surface area (TPSA) is 81.6 Å². The number of carbonyl (C=O) groups is 2. The fourth-order valence-corrected chi connectivity index (χ4v) is 4.35. The van der Waals surface area contributed by atoms with Gasteiger partial charge in [-0.2, -0.15) is 0 Å². The Morgan fingerprint density at radius 2 is 1.97 bits per heavy atom. The van der Waals surface area contributed by atoms with Crippen molar-refractivity contribution < 1.29 is 19.1 Å². The molecule has 0 N–H and O–H groups in total. The van der Waals surface area contributed by atoms with Crippen LogP contribution in [0.5, 0.6) is 0 Å². The van der Waals surface area contributed by atoms with Gasteiger partial charge in [-0.15, -0.1) is 0 Å². The fraction of sp³-hybridized carbons (Fsp3) is 0.478. The molecule has 2 atom stereocenters. The molecule has 3 rings (SSSR count). The first kappa shape index (κ1) is 23.2. The highest BCUT2D eigenvalue weighted by atomic mass is 32.3. The molecular weight excluding hydrogens is 414 g/mol. The highest BCUT2D eigenvalue weighted by Gasteiger charge is 2.52.